The highest BCUT2D eigenvalue weighted by Crippen LogP contribution is 2.31. The first-order valence-electron chi connectivity index (χ1n) is 8.16. The molecule has 1 N–H and O–H groups in total. The number of benzene rings is 1. The molecule has 1 atom stereocenters. The number of rotatable bonds is 5. The molecule has 6 heteroatoms. The Morgan fingerprint density at radius 1 is 1.24 bits per heavy atom. The van der Waals surface area contributed by atoms with E-state index in [1.54, 1.807) is 0 Å². The molecular formula is C19H19F3N2S. The van der Waals surface area contributed by atoms with Crippen LogP contribution in [-0.4, -0.2) is 11.5 Å². The van der Waals surface area contributed by atoms with Crippen molar-refractivity contribution in [3.05, 3.63) is 59.0 Å². The predicted molar refractivity (Wildman–Crippen MR) is 96.7 cm³/mol. The summed E-state index contributed by atoms with van der Waals surface area (Å²) in [5, 5.41) is 5.92. The van der Waals surface area contributed by atoms with Gasteiger partial charge in [0.25, 0.3) is 0 Å². The quantitative estimate of drug-likeness (QED) is 0.688. The van der Waals surface area contributed by atoms with E-state index in [1.807, 2.05) is 5.38 Å². The molecule has 1 aliphatic rings. The Bertz CT molecular complexity index is 773. The molecule has 1 aliphatic carbocycles. The summed E-state index contributed by atoms with van der Waals surface area (Å²) in [5.74, 6) is 0.589. The lowest BCUT2D eigenvalue weighted by Crippen LogP contribution is -2.04. The summed E-state index contributed by atoms with van der Waals surface area (Å²) in [4.78, 5) is 4.46. The molecule has 1 aromatic carbocycles. The summed E-state index contributed by atoms with van der Waals surface area (Å²) < 4.78 is 37.8. The molecule has 3 rings (SSSR count). The number of aromatic nitrogens is 1. The van der Waals surface area contributed by atoms with Crippen molar-refractivity contribution in [2.75, 3.05) is 11.9 Å². The van der Waals surface area contributed by atoms with E-state index in [1.165, 1.54) is 29.0 Å². The van der Waals surface area contributed by atoms with Gasteiger partial charge in [0, 0.05) is 17.5 Å². The van der Waals surface area contributed by atoms with E-state index >= 15 is 0 Å². The fraction of sp³-hybridized carbons (Fsp3) is 0.316. The van der Waals surface area contributed by atoms with Crippen molar-refractivity contribution in [2.45, 2.75) is 25.9 Å². The van der Waals surface area contributed by atoms with Crippen molar-refractivity contribution in [2.24, 2.45) is 5.92 Å². The van der Waals surface area contributed by atoms with E-state index < -0.39 is 11.7 Å². The minimum absolute atomic E-state index is 0.589. The van der Waals surface area contributed by atoms with Crippen molar-refractivity contribution < 1.29 is 13.2 Å². The fourth-order valence-electron chi connectivity index (χ4n) is 2.72. The van der Waals surface area contributed by atoms with Gasteiger partial charge < -0.3 is 5.32 Å². The normalized spacial score (nSPS) is 17.4. The van der Waals surface area contributed by atoms with Crippen LogP contribution in [0.3, 0.4) is 0 Å². The predicted octanol–water partition coefficient (Wildman–Crippen LogP) is 6.15. The molecule has 0 bridgehead atoms. The molecular weight excluding hydrogens is 345 g/mol. The molecule has 132 valence electrons. The zero-order chi connectivity index (χ0) is 17.9. The summed E-state index contributed by atoms with van der Waals surface area (Å²) in [5.41, 5.74) is 2.05. The molecule has 0 aliphatic heterocycles. The number of nitrogens with one attached hydrogen (secondary N) is 1. The van der Waals surface area contributed by atoms with Gasteiger partial charge >= 0.3 is 6.18 Å². The average Bonchev–Trinajstić information content (AvgIpc) is 3.03. The van der Waals surface area contributed by atoms with Crippen LogP contribution in [0.4, 0.5) is 18.3 Å². The number of anilines is 1. The molecule has 0 saturated carbocycles. The van der Waals surface area contributed by atoms with E-state index in [0.29, 0.717) is 17.2 Å². The van der Waals surface area contributed by atoms with Gasteiger partial charge in [-0.2, -0.15) is 13.2 Å². The molecule has 1 heterocycles. The first kappa shape index (κ1) is 17.7. The Morgan fingerprint density at radius 2 is 2.00 bits per heavy atom. The van der Waals surface area contributed by atoms with Crippen molar-refractivity contribution >= 4 is 16.5 Å². The molecule has 25 heavy (non-hydrogen) atoms. The van der Waals surface area contributed by atoms with E-state index in [2.05, 4.69) is 35.5 Å². The van der Waals surface area contributed by atoms with Crippen LogP contribution < -0.4 is 5.32 Å². The third-order valence-electron chi connectivity index (χ3n) is 4.04. The lowest BCUT2D eigenvalue weighted by molar-refractivity contribution is -0.137. The van der Waals surface area contributed by atoms with Crippen LogP contribution in [0.25, 0.3) is 11.3 Å². The highest BCUT2D eigenvalue weighted by Gasteiger charge is 2.30. The fourth-order valence-corrected chi connectivity index (χ4v) is 3.47. The molecule has 0 fully saturated rings. The second-order valence-corrected chi connectivity index (χ2v) is 7.00. The summed E-state index contributed by atoms with van der Waals surface area (Å²) >= 11 is 1.46. The van der Waals surface area contributed by atoms with Gasteiger partial charge in [0.15, 0.2) is 5.13 Å². The van der Waals surface area contributed by atoms with E-state index in [0.717, 1.165) is 36.7 Å². The third kappa shape index (κ3) is 4.72. The Morgan fingerprint density at radius 3 is 2.68 bits per heavy atom. The zero-order valence-electron chi connectivity index (χ0n) is 13.8. The minimum atomic E-state index is -4.31. The van der Waals surface area contributed by atoms with Gasteiger partial charge in [0.2, 0.25) is 0 Å². The Hall–Kier alpha value is -2.08. The van der Waals surface area contributed by atoms with Crippen LogP contribution >= 0.6 is 11.3 Å². The maximum Gasteiger partial charge on any atom is 0.416 e. The first-order chi connectivity index (χ1) is 11.9. The van der Waals surface area contributed by atoms with E-state index in [9.17, 15) is 13.2 Å². The average molecular weight is 364 g/mol. The second-order valence-electron chi connectivity index (χ2n) is 6.15. The lowest BCUT2D eigenvalue weighted by Gasteiger charge is -2.12. The number of thiazole rings is 1. The van der Waals surface area contributed by atoms with E-state index in [-0.39, 0.29) is 0 Å². The first-order valence-corrected chi connectivity index (χ1v) is 9.04. The van der Waals surface area contributed by atoms with Gasteiger partial charge in [0.1, 0.15) is 0 Å². The van der Waals surface area contributed by atoms with Crippen LogP contribution in [0.2, 0.25) is 0 Å². The topological polar surface area (TPSA) is 24.9 Å². The van der Waals surface area contributed by atoms with E-state index in [4.69, 9.17) is 0 Å². The molecule has 0 spiro atoms. The molecule has 0 saturated heterocycles. The number of hydrogen-bond acceptors (Lipinski definition) is 3. The highest BCUT2D eigenvalue weighted by atomic mass is 32.1. The van der Waals surface area contributed by atoms with Crippen molar-refractivity contribution in [1.82, 2.24) is 4.98 Å². The van der Waals surface area contributed by atoms with Crippen LogP contribution in [-0.2, 0) is 6.18 Å². The molecule has 0 radical (unpaired) electrons. The summed E-state index contributed by atoms with van der Waals surface area (Å²) in [6.07, 6.45) is 4.36. The van der Waals surface area contributed by atoms with Gasteiger partial charge in [-0.3, -0.25) is 0 Å². The summed E-state index contributed by atoms with van der Waals surface area (Å²) in [6, 6.07) is 5.09. The van der Waals surface area contributed by atoms with Crippen LogP contribution in [0.15, 0.2) is 53.4 Å². The Labute approximate surface area is 149 Å². The summed E-state index contributed by atoms with van der Waals surface area (Å²) in [7, 11) is 0. The molecule has 2 nitrogen and oxygen atoms in total. The number of alkyl halides is 3. The van der Waals surface area contributed by atoms with Gasteiger partial charge in [0.05, 0.1) is 11.3 Å². The van der Waals surface area contributed by atoms with Gasteiger partial charge in [-0.15, -0.1) is 11.3 Å². The number of halogens is 3. The summed E-state index contributed by atoms with van der Waals surface area (Å²) in [6.45, 7) is 2.98. The second kappa shape index (κ2) is 7.44. The smallest absolute Gasteiger partial charge is 0.361 e. The Balaban J connectivity index is 1.58. The van der Waals surface area contributed by atoms with Crippen LogP contribution in [0.5, 0.6) is 0 Å². The van der Waals surface area contributed by atoms with Gasteiger partial charge in [-0.1, -0.05) is 42.9 Å². The number of nitrogens with zero attached hydrogens (tertiary/aromatic N) is 1. The highest BCUT2D eigenvalue weighted by molar-refractivity contribution is 7.14. The third-order valence-corrected chi connectivity index (χ3v) is 4.84. The van der Waals surface area contributed by atoms with Gasteiger partial charge in [-0.25, -0.2) is 4.98 Å². The SMILES string of the molecule is CC1C=C(CCNc2nc(-c3ccc(C(F)(F)F)cc3)cs2)C=CC1. The molecule has 1 unspecified atom stereocenters. The largest absolute Gasteiger partial charge is 0.416 e. The standard InChI is InChI=1S/C19H19F3N2S/c1-13-3-2-4-14(11-13)9-10-23-18-24-17(12-25-18)15-5-7-16(8-6-15)19(20,21)22/h2,4-8,11-13H,3,9-10H2,1H3,(H,23,24). The lowest BCUT2D eigenvalue weighted by atomic mass is 9.96. The number of hydrogen-bond donors (Lipinski definition) is 1. The maximum absolute atomic E-state index is 12.6. The number of allylic oxidation sites excluding steroid dienone is 3. The Kier molecular flexibility index (Phi) is 5.27. The molecule has 2 aromatic rings. The molecule has 0 amide bonds. The zero-order valence-corrected chi connectivity index (χ0v) is 14.6. The maximum atomic E-state index is 12.6. The van der Waals surface area contributed by atoms with Crippen molar-refractivity contribution in [3.63, 3.8) is 0 Å². The van der Waals surface area contributed by atoms with Crippen molar-refractivity contribution in [3.8, 4) is 11.3 Å². The van der Waals surface area contributed by atoms with Gasteiger partial charge in [-0.05, 0) is 30.9 Å². The van der Waals surface area contributed by atoms with Crippen LogP contribution in [0, 0.1) is 5.92 Å². The minimum Gasteiger partial charge on any atom is -0.361 e. The van der Waals surface area contributed by atoms with Crippen molar-refractivity contribution in [1.29, 1.82) is 0 Å². The van der Waals surface area contributed by atoms with Crippen LogP contribution in [0.1, 0.15) is 25.3 Å². The molecule has 1 aromatic heterocycles. The monoisotopic (exact) mass is 364 g/mol.